The highest BCUT2D eigenvalue weighted by atomic mass is 32.2. The maximum absolute atomic E-state index is 13.0. The highest BCUT2D eigenvalue weighted by Gasteiger charge is 2.31. The molecule has 0 bridgehead atoms. The van der Waals surface area contributed by atoms with E-state index in [1.165, 1.54) is 16.4 Å². The van der Waals surface area contributed by atoms with Gasteiger partial charge < -0.3 is 10.1 Å². The van der Waals surface area contributed by atoms with Crippen molar-refractivity contribution >= 4 is 21.6 Å². The second kappa shape index (κ2) is 9.01. The van der Waals surface area contributed by atoms with Gasteiger partial charge in [-0.2, -0.15) is 4.31 Å². The maximum atomic E-state index is 13.0. The fraction of sp³-hybridized carbons (Fsp3) is 0.350. The summed E-state index contributed by atoms with van der Waals surface area (Å²) in [5, 5.41) is 2.77. The van der Waals surface area contributed by atoms with Gasteiger partial charge in [0.2, 0.25) is 15.9 Å². The highest BCUT2D eigenvalue weighted by Crippen LogP contribution is 2.22. The molecule has 6 nitrogen and oxygen atoms in total. The second-order valence-corrected chi connectivity index (χ2v) is 8.03. The molecule has 0 spiro atoms. The molecule has 1 atom stereocenters. The van der Waals surface area contributed by atoms with Gasteiger partial charge in [0, 0.05) is 12.2 Å². The molecule has 0 unspecified atom stereocenters. The number of amides is 1. The van der Waals surface area contributed by atoms with E-state index >= 15 is 0 Å². The number of nitrogens with zero attached hydrogens (tertiary/aromatic N) is 1. The van der Waals surface area contributed by atoms with E-state index in [2.05, 4.69) is 5.32 Å². The van der Waals surface area contributed by atoms with Crippen LogP contribution in [-0.4, -0.2) is 37.8 Å². The van der Waals surface area contributed by atoms with E-state index in [1.807, 2.05) is 26.0 Å². The van der Waals surface area contributed by atoms with Crippen LogP contribution in [0.2, 0.25) is 0 Å². The normalized spacial score (nSPS) is 12.6. The van der Waals surface area contributed by atoms with Crippen molar-refractivity contribution in [3.8, 4) is 5.75 Å². The zero-order valence-corrected chi connectivity index (χ0v) is 16.9. The van der Waals surface area contributed by atoms with E-state index in [0.29, 0.717) is 18.0 Å². The molecule has 0 aliphatic heterocycles. The fourth-order valence-corrected chi connectivity index (χ4v) is 4.28. The molecule has 0 fully saturated rings. The zero-order valence-electron chi connectivity index (χ0n) is 16.1. The Morgan fingerprint density at radius 1 is 1.07 bits per heavy atom. The average Bonchev–Trinajstić information content (AvgIpc) is 2.64. The predicted molar refractivity (Wildman–Crippen MR) is 106 cm³/mol. The van der Waals surface area contributed by atoms with Gasteiger partial charge in [-0.3, -0.25) is 4.79 Å². The first-order valence-electron chi connectivity index (χ1n) is 8.91. The molecule has 0 radical (unpaired) electrons. The van der Waals surface area contributed by atoms with E-state index in [4.69, 9.17) is 4.74 Å². The molecule has 146 valence electrons. The fourth-order valence-electron chi connectivity index (χ4n) is 2.68. The monoisotopic (exact) mass is 390 g/mol. The van der Waals surface area contributed by atoms with Crippen molar-refractivity contribution in [2.45, 2.75) is 38.6 Å². The van der Waals surface area contributed by atoms with Gasteiger partial charge in [0.25, 0.3) is 0 Å². The average molecular weight is 391 g/mol. The first kappa shape index (κ1) is 20.9. The Kier molecular flexibility index (Phi) is 6.98. The molecule has 7 heteroatoms. The van der Waals surface area contributed by atoms with Gasteiger partial charge in [0.15, 0.2) is 0 Å². The largest absolute Gasteiger partial charge is 0.494 e. The number of aryl methyl sites for hydroxylation is 1. The van der Waals surface area contributed by atoms with Crippen molar-refractivity contribution in [2.24, 2.45) is 0 Å². The molecule has 0 saturated carbocycles. The first-order chi connectivity index (χ1) is 12.8. The van der Waals surface area contributed by atoms with E-state index in [1.54, 1.807) is 38.1 Å². The van der Waals surface area contributed by atoms with E-state index in [-0.39, 0.29) is 17.3 Å². The number of sulfonamides is 1. The zero-order chi connectivity index (χ0) is 20.0. The summed E-state index contributed by atoms with van der Waals surface area (Å²) in [5.41, 5.74) is 1.71. The van der Waals surface area contributed by atoms with Crippen molar-refractivity contribution < 1.29 is 17.9 Å². The molecule has 2 aromatic rings. The van der Waals surface area contributed by atoms with Crippen molar-refractivity contribution in [1.29, 1.82) is 0 Å². The number of likely N-dealkylation sites (N-methyl/N-ethyl adjacent to an activating group) is 1. The molecule has 1 N–H and O–H groups in total. The summed E-state index contributed by atoms with van der Waals surface area (Å²) in [6.45, 7) is 7.79. The standard InChI is InChI=1S/C20H26N2O4S/c1-5-22(16(4)20(23)21-17-9-7-15(3)8-10-17)27(24,25)19-13-11-18(12-14-19)26-6-2/h7-14,16H,5-6H2,1-4H3,(H,21,23)/t16-/m0/s1. The Bertz CT molecular complexity index is 862. The van der Waals surface area contributed by atoms with Crippen molar-refractivity contribution in [1.82, 2.24) is 4.31 Å². The summed E-state index contributed by atoms with van der Waals surface area (Å²) in [6.07, 6.45) is 0. The Morgan fingerprint density at radius 2 is 1.67 bits per heavy atom. The number of anilines is 1. The molecule has 0 aromatic heterocycles. The lowest BCUT2D eigenvalue weighted by molar-refractivity contribution is -0.119. The smallest absolute Gasteiger partial charge is 0.243 e. The van der Waals surface area contributed by atoms with Gasteiger partial charge in [0.05, 0.1) is 11.5 Å². The third-order valence-electron chi connectivity index (χ3n) is 4.18. The first-order valence-corrected chi connectivity index (χ1v) is 10.4. The minimum absolute atomic E-state index is 0.128. The van der Waals surface area contributed by atoms with Gasteiger partial charge in [-0.1, -0.05) is 24.6 Å². The summed E-state index contributed by atoms with van der Waals surface area (Å²) in [6, 6.07) is 12.7. The van der Waals surface area contributed by atoms with Crippen LogP contribution in [0, 0.1) is 6.92 Å². The SMILES string of the molecule is CCOc1ccc(S(=O)(=O)N(CC)[C@@H](C)C(=O)Nc2ccc(C)cc2)cc1. The Balaban J connectivity index is 2.19. The number of benzene rings is 2. The quantitative estimate of drug-likeness (QED) is 0.749. The third-order valence-corrected chi connectivity index (χ3v) is 6.24. The molecule has 2 aromatic carbocycles. The summed E-state index contributed by atoms with van der Waals surface area (Å²) < 4.78 is 32.5. The number of ether oxygens (including phenoxy) is 1. The Hall–Kier alpha value is -2.38. The molecule has 2 rings (SSSR count). The van der Waals surface area contributed by atoms with Crippen LogP contribution in [0.4, 0.5) is 5.69 Å². The van der Waals surface area contributed by atoms with Crippen molar-refractivity contribution in [2.75, 3.05) is 18.5 Å². The molecule has 1 amide bonds. The van der Waals surface area contributed by atoms with Crippen LogP contribution in [0.15, 0.2) is 53.4 Å². The molecule has 0 heterocycles. The highest BCUT2D eigenvalue weighted by molar-refractivity contribution is 7.89. The molecule has 0 saturated heterocycles. The van der Waals surface area contributed by atoms with E-state index < -0.39 is 16.1 Å². The minimum Gasteiger partial charge on any atom is -0.494 e. The number of carbonyl (C=O) groups excluding carboxylic acids is 1. The lowest BCUT2D eigenvalue weighted by Crippen LogP contribution is -2.45. The van der Waals surface area contributed by atoms with Crippen LogP contribution in [0.25, 0.3) is 0 Å². The topological polar surface area (TPSA) is 75.7 Å². The number of nitrogens with one attached hydrogen (secondary N) is 1. The summed E-state index contributed by atoms with van der Waals surface area (Å²) in [4.78, 5) is 12.7. The van der Waals surface area contributed by atoms with Crippen LogP contribution >= 0.6 is 0 Å². The van der Waals surface area contributed by atoms with Gasteiger partial charge in [0.1, 0.15) is 11.8 Å². The molecule has 0 aliphatic rings. The van der Waals surface area contributed by atoms with Crippen LogP contribution in [0.5, 0.6) is 5.75 Å². The molecular formula is C20H26N2O4S. The summed E-state index contributed by atoms with van der Waals surface area (Å²) in [7, 11) is -3.81. The van der Waals surface area contributed by atoms with Gasteiger partial charge in [-0.25, -0.2) is 8.42 Å². The van der Waals surface area contributed by atoms with Gasteiger partial charge >= 0.3 is 0 Å². The molecule has 27 heavy (non-hydrogen) atoms. The lowest BCUT2D eigenvalue weighted by Gasteiger charge is -2.26. The number of rotatable bonds is 8. The Labute approximate surface area is 161 Å². The van der Waals surface area contributed by atoms with Crippen LogP contribution in [-0.2, 0) is 14.8 Å². The number of hydrogen-bond donors (Lipinski definition) is 1. The van der Waals surface area contributed by atoms with Crippen LogP contribution in [0.1, 0.15) is 26.3 Å². The number of carbonyl (C=O) groups is 1. The van der Waals surface area contributed by atoms with Crippen LogP contribution < -0.4 is 10.1 Å². The molecule has 0 aliphatic carbocycles. The summed E-state index contributed by atoms with van der Waals surface area (Å²) in [5.74, 6) is 0.222. The van der Waals surface area contributed by atoms with Gasteiger partial charge in [-0.15, -0.1) is 0 Å². The number of hydrogen-bond acceptors (Lipinski definition) is 4. The van der Waals surface area contributed by atoms with Gasteiger partial charge in [-0.05, 0) is 57.2 Å². The predicted octanol–water partition coefficient (Wildman–Crippen LogP) is 3.43. The molecular weight excluding hydrogens is 364 g/mol. The van der Waals surface area contributed by atoms with Crippen molar-refractivity contribution in [3.63, 3.8) is 0 Å². The third kappa shape index (κ3) is 5.08. The Morgan fingerprint density at radius 3 is 2.19 bits per heavy atom. The van der Waals surface area contributed by atoms with E-state index in [9.17, 15) is 13.2 Å². The van der Waals surface area contributed by atoms with Crippen molar-refractivity contribution in [3.05, 3.63) is 54.1 Å². The second-order valence-electron chi connectivity index (χ2n) is 6.14. The lowest BCUT2D eigenvalue weighted by atomic mass is 10.2. The van der Waals surface area contributed by atoms with Crippen LogP contribution in [0.3, 0.4) is 0 Å². The summed E-state index contributed by atoms with van der Waals surface area (Å²) >= 11 is 0. The maximum Gasteiger partial charge on any atom is 0.243 e. The van der Waals surface area contributed by atoms with E-state index in [0.717, 1.165) is 5.56 Å². The minimum atomic E-state index is -3.81.